The number of carbonyl (C=O) groups excluding carboxylic acids is 1. The largest absolute Gasteiger partial charge is 0.328 e. The molecule has 2 rings (SSSR count). The molecule has 1 N–H and O–H groups in total. The first-order valence-corrected chi connectivity index (χ1v) is 4.99. The lowest BCUT2D eigenvalue weighted by atomic mass is 10.1. The molecule has 0 saturated heterocycles. The van der Waals surface area contributed by atoms with E-state index in [1.807, 2.05) is 0 Å². The van der Waals surface area contributed by atoms with Crippen LogP contribution < -0.4 is 11.2 Å². The van der Waals surface area contributed by atoms with Gasteiger partial charge in [-0.1, -0.05) is 30.3 Å². The molecular formula is C12H10N2O3. The number of aromatic nitrogens is 2. The second-order valence-corrected chi connectivity index (χ2v) is 3.57. The number of H-pyrrole nitrogens is 1. The molecule has 0 radical (unpaired) electrons. The highest BCUT2D eigenvalue weighted by Gasteiger charge is 2.14. The predicted octanol–water partition coefficient (Wildman–Crippen LogP) is 0.305. The fourth-order valence-corrected chi connectivity index (χ4v) is 1.47. The number of ketones is 1. The number of nitrogens with one attached hydrogen (secondary N) is 1. The maximum Gasteiger partial charge on any atom is 0.328 e. The van der Waals surface area contributed by atoms with Gasteiger partial charge in [-0.25, -0.2) is 4.79 Å². The smallest absolute Gasteiger partial charge is 0.313 e. The fraction of sp³-hybridized carbons (Fsp3) is 0.0833. The van der Waals surface area contributed by atoms with Crippen molar-refractivity contribution < 1.29 is 4.79 Å². The maximum absolute atomic E-state index is 12.0. The van der Waals surface area contributed by atoms with Gasteiger partial charge in [0.1, 0.15) is 5.56 Å². The lowest BCUT2D eigenvalue weighted by Crippen LogP contribution is -2.35. The normalized spacial score (nSPS) is 10.2. The summed E-state index contributed by atoms with van der Waals surface area (Å²) in [5, 5.41) is 0. The average molecular weight is 230 g/mol. The lowest BCUT2D eigenvalue weighted by molar-refractivity contribution is 0.103. The second kappa shape index (κ2) is 4.21. The van der Waals surface area contributed by atoms with Crippen LogP contribution >= 0.6 is 0 Å². The van der Waals surface area contributed by atoms with Crippen LogP contribution in [0.25, 0.3) is 0 Å². The molecule has 86 valence electrons. The van der Waals surface area contributed by atoms with E-state index >= 15 is 0 Å². The first-order chi connectivity index (χ1) is 8.11. The number of nitrogens with zero attached hydrogens (tertiary/aromatic N) is 1. The van der Waals surface area contributed by atoms with E-state index in [0.717, 1.165) is 10.8 Å². The van der Waals surface area contributed by atoms with Crippen LogP contribution in [0.15, 0.2) is 46.1 Å². The Morgan fingerprint density at radius 3 is 2.47 bits per heavy atom. The standard InChI is InChI=1S/C12H10N2O3/c1-14-11(16)9(7-13-12(14)17)10(15)8-5-3-2-4-6-8/h2-7H,1H3,(H,13,17). The van der Waals surface area contributed by atoms with Crippen LogP contribution in [0.1, 0.15) is 15.9 Å². The summed E-state index contributed by atoms with van der Waals surface area (Å²) in [4.78, 5) is 37.2. The minimum atomic E-state index is -0.595. The van der Waals surface area contributed by atoms with Crippen LogP contribution in [0.5, 0.6) is 0 Å². The highest BCUT2D eigenvalue weighted by molar-refractivity contribution is 6.08. The van der Waals surface area contributed by atoms with E-state index in [9.17, 15) is 14.4 Å². The van der Waals surface area contributed by atoms with Crippen molar-refractivity contribution >= 4 is 5.78 Å². The molecule has 1 aromatic heterocycles. The van der Waals surface area contributed by atoms with Crippen LogP contribution in [0, 0.1) is 0 Å². The van der Waals surface area contributed by atoms with Gasteiger partial charge in [0.05, 0.1) is 0 Å². The molecule has 0 saturated carbocycles. The predicted molar refractivity (Wildman–Crippen MR) is 62.2 cm³/mol. The van der Waals surface area contributed by atoms with Gasteiger partial charge in [0.2, 0.25) is 0 Å². The van der Waals surface area contributed by atoms with Gasteiger partial charge >= 0.3 is 5.69 Å². The van der Waals surface area contributed by atoms with Crippen LogP contribution in [0.4, 0.5) is 0 Å². The molecule has 5 heteroatoms. The zero-order valence-corrected chi connectivity index (χ0v) is 9.14. The Labute approximate surface area is 96.4 Å². The number of benzene rings is 1. The minimum Gasteiger partial charge on any atom is -0.313 e. The van der Waals surface area contributed by atoms with Gasteiger partial charge in [-0.05, 0) is 0 Å². The zero-order chi connectivity index (χ0) is 12.4. The Balaban J connectivity index is 2.57. The summed E-state index contributed by atoms with van der Waals surface area (Å²) < 4.78 is 0.871. The first kappa shape index (κ1) is 11.1. The molecule has 0 fully saturated rings. The Kier molecular flexibility index (Phi) is 2.74. The van der Waals surface area contributed by atoms with Gasteiger partial charge in [0, 0.05) is 18.8 Å². The molecule has 0 aliphatic heterocycles. The zero-order valence-electron chi connectivity index (χ0n) is 9.14. The number of hydrogen-bond donors (Lipinski definition) is 1. The molecule has 0 spiro atoms. The molecule has 17 heavy (non-hydrogen) atoms. The number of carbonyl (C=O) groups is 1. The summed E-state index contributed by atoms with van der Waals surface area (Å²) in [6, 6.07) is 8.44. The number of rotatable bonds is 2. The fourth-order valence-electron chi connectivity index (χ4n) is 1.47. The lowest BCUT2D eigenvalue weighted by Gasteiger charge is -2.01. The van der Waals surface area contributed by atoms with Gasteiger partial charge < -0.3 is 4.98 Å². The summed E-state index contributed by atoms with van der Waals surface area (Å²) in [6.45, 7) is 0. The van der Waals surface area contributed by atoms with Gasteiger partial charge in [0.25, 0.3) is 5.56 Å². The first-order valence-electron chi connectivity index (χ1n) is 4.99. The van der Waals surface area contributed by atoms with Crippen molar-refractivity contribution in [2.75, 3.05) is 0 Å². The monoisotopic (exact) mass is 230 g/mol. The van der Waals surface area contributed by atoms with E-state index in [1.54, 1.807) is 30.3 Å². The van der Waals surface area contributed by atoms with Crippen LogP contribution in [0.2, 0.25) is 0 Å². The van der Waals surface area contributed by atoms with Gasteiger partial charge in [-0.3, -0.25) is 14.2 Å². The SMILES string of the molecule is Cn1c(=O)[nH]cc(C(=O)c2ccccc2)c1=O. The van der Waals surface area contributed by atoms with Crippen LogP contribution in [0.3, 0.4) is 0 Å². The third-order valence-corrected chi connectivity index (χ3v) is 2.46. The van der Waals surface area contributed by atoms with Crippen molar-refractivity contribution in [2.24, 2.45) is 7.05 Å². The Hall–Kier alpha value is -2.43. The topological polar surface area (TPSA) is 71.9 Å². The minimum absolute atomic E-state index is 0.0432. The van der Waals surface area contributed by atoms with Crippen molar-refractivity contribution in [1.29, 1.82) is 0 Å². The number of hydrogen-bond acceptors (Lipinski definition) is 3. The third-order valence-electron chi connectivity index (χ3n) is 2.46. The third kappa shape index (κ3) is 1.94. The average Bonchev–Trinajstić information content (AvgIpc) is 2.36. The molecule has 0 aliphatic rings. The summed E-state index contributed by atoms with van der Waals surface area (Å²) in [5.74, 6) is -0.401. The van der Waals surface area contributed by atoms with Gasteiger partial charge in [-0.2, -0.15) is 0 Å². The molecule has 1 heterocycles. The van der Waals surface area contributed by atoms with Crippen LogP contribution in [-0.4, -0.2) is 15.3 Å². The van der Waals surface area contributed by atoms with Gasteiger partial charge in [0.15, 0.2) is 5.78 Å². The molecule has 0 unspecified atom stereocenters. The van der Waals surface area contributed by atoms with E-state index in [2.05, 4.69) is 4.98 Å². The van der Waals surface area contributed by atoms with Crippen LogP contribution in [-0.2, 0) is 7.05 Å². The maximum atomic E-state index is 12.0. The van der Waals surface area contributed by atoms with E-state index in [4.69, 9.17) is 0 Å². The Bertz CT molecular complexity index is 668. The van der Waals surface area contributed by atoms with Crippen molar-refractivity contribution in [2.45, 2.75) is 0 Å². The molecule has 0 amide bonds. The summed E-state index contributed by atoms with van der Waals surface area (Å²) in [6.07, 6.45) is 1.15. The van der Waals surface area contributed by atoms with Crippen molar-refractivity contribution in [1.82, 2.24) is 9.55 Å². The number of aromatic amines is 1. The molecular weight excluding hydrogens is 220 g/mol. The second-order valence-electron chi connectivity index (χ2n) is 3.57. The highest BCUT2D eigenvalue weighted by Crippen LogP contribution is 2.04. The van der Waals surface area contributed by atoms with E-state index in [1.165, 1.54) is 7.05 Å². The van der Waals surface area contributed by atoms with E-state index in [0.29, 0.717) is 5.56 Å². The van der Waals surface area contributed by atoms with E-state index < -0.39 is 17.0 Å². The summed E-state index contributed by atoms with van der Waals surface area (Å²) in [7, 11) is 1.32. The highest BCUT2D eigenvalue weighted by atomic mass is 16.2. The van der Waals surface area contributed by atoms with Crippen molar-refractivity contribution in [3.63, 3.8) is 0 Å². The molecule has 5 nitrogen and oxygen atoms in total. The van der Waals surface area contributed by atoms with Gasteiger partial charge in [-0.15, -0.1) is 0 Å². The quantitative estimate of drug-likeness (QED) is 0.754. The summed E-state index contributed by atoms with van der Waals surface area (Å²) >= 11 is 0. The molecule has 1 aromatic carbocycles. The Morgan fingerprint density at radius 2 is 1.82 bits per heavy atom. The summed E-state index contributed by atoms with van der Waals surface area (Å²) in [5.41, 5.74) is -0.767. The molecule has 0 bridgehead atoms. The van der Waals surface area contributed by atoms with Crippen molar-refractivity contribution in [3.8, 4) is 0 Å². The van der Waals surface area contributed by atoms with E-state index in [-0.39, 0.29) is 5.56 Å². The molecule has 2 aromatic rings. The molecule has 0 atom stereocenters. The molecule has 0 aliphatic carbocycles. The Morgan fingerprint density at radius 1 is 1.18 bits per heavy atom. The van der Waals surface area contributed by atoms with Crippen molar-refractivity contribution in [3.05, 3.63) is 68.5 Å².